The zero-order chi connectivity index (χ0) is 17.8. The number of benzene rings is 2. The molecular formula is C18H16ClN3O3. The van der Waals surface area contributed by atoms with Crippen LogP contribution in [0.5, 0.6) is 11.5 Å². The van der Waals surface area contributed by atoms with Crippen LogP contribution in [0.15, 0.2) is 54.7 Å². The van der Waals surface area contributed by atoms with Crippen molar-refractivity contribution in [3.05, 3.63) is 71.0 Å². The Bertz CT molecular complexity index is 908. The zero-order valence-electron chi connectivity index (χ0n) is 13.4. The molecule has 0 spiro atoms. The minimum absolute atomic E-state index is 0.00294. The van der Waals surface area contributed by atoms with Crippen LogP contribution in [-0.4, -0.2) is 20.8 Å². The lowest BCUT2D eigenvalue weighted by Crippen LogP contribution is -2.14. The summed E-state index contributed by atoms with van der Waals surface area (Å²) in [5.74, 6) is 0.278. The van der Waals surface area contributed by atoms with Crippen LogP contribution in [0, 0.1) is 6.92 Å². The van der Waals surface area contributed by atoms with Crippen LogP contribution in [0.1, 0.15) is 16.1 Å². The van der Waals surface area contributed by atoms with E-state index in [0.717, 1.165) is 5.56 Å². The third-order valence-corrected chi connectivity index (χ3v) is 3.75. The number of aromatic hydroxyl groups is 1. The lowest BCUT2D eigenvalue weighted by Gasteiger charge is -2.09. The summed E-state index contributed by atoms with van der Waals surface area (Å²) in [5.41, 5.74) is 1.46. The molecule has 3 rings (SSSR count). The summed E-state index contributed by atoms with van der Waals surface area (Å²) in [6.45, 7) is 2.06. The minimum atomic E-state index is -0.414. The van der Waals surface area contributed by atoms with E-state index in [1.807, 2.05) is 13.0 Å². The highest BCUT2D eigenvalue weighted by molar-refractivity contribution is 6.30. The number of carbonyl (C=O) groups is 1. The molecule has 0 saturated heterocycles. The molecule has 2 N–H and O–H groups in total. The topological polar surface area (TPSA) is 76.4 Å². The maximum absolute atomic E-state index is 12.2. The van der Waals surface area contributed by atoms with Gasteiger partial charge in [-0.3, -0.25) is 4.79 Å². The molecule has 2 aromatic carbocycles. The van der Waals surface area contributed by atoms with Gasteiger partial charge in [-0.25, -0.2) is 4.68 Å². The first-order chi connectivity index (χ1) is 12.0. The summed E-state index contributed by atoms with van der Waals surface area (Å²) in [6.07, 6.45) is 1.64. The SMILES string of the molecule is Cc1cc(Cl)ccc1OCn1ccc(C(=O)Nc2ccccc2O)n1. The number of amides is 1. The second-order valence-electron chi connectivity index (χ2n) is 5.39. The van der Waals surface area contributed by atoms with Crippen molar-refractivity contribution >= 4 is 23.2 Å². The molecule has 6 nitrogen and oxygen atoms in total. The molecule has 128 valence electrons. The molecule has 1 heterocycles. The lowest BCUT2D eigenvalue weighted by atomic mass is 10.2. The number of phenolic OH excluding ortho intramolecular Hbond substituents is 1. The first-order valence-electron chi connectivity index (χ1n) is 7.54. The van der Waals surface area contributed by atoms with Gasteiger partial charge in [0.05, 0.1) is 5.69 Å². The fraction of sp³-hybridized carbons (Fsp3) is 0.111. The Balaban J connectivity index is 1.64. The molecule has 3 aromatic rings. The number of ether oxygens (including phenoxy) is 1. The van der Waals surface area contributed by atoms with E-state index in [1.165, 1.54) is 10.7 Å². The van der Waals surface area contributed by atoms with E-state index in [2.05, 4.69) is 10.4 Å². The molecule has 0 aliphatic rings. The largest absolute Gasteiger partial charge is 0.506 e. The smallest absolute Gasteiger partial charge is 0.276 e. The van der Waals surface area contributed by atoms with Crippen LogP contribution < -0.4 is 10.1 Å². The van der Waals surface area contributed by atoms with Crippen molar-refractivity contribution in [3.8, 4) is 11.5 Å². The third-order valence-electron chi connectivity index (χ3n) is 3.51. The number of anilines is 1. The van der Waals surface area contributed by atoms with Gasteiger partial charge in [0.1, 0.15) is 11.5 Å². The van der Waals surface area contributed by atoms with Crippen LogP contribution in [-0.2, 0) is 6.73 Å². The number of rotatable bonds is 5. The van der Waals surface area contributed by atoms with Crippen molar-refractivity contribution in [2.75, 3.05) is 5.32 Å². The van der Waals surface area contributed by atoms with Gasteiger partial charge in [0.25, 0.3) is 5.91 Å². The summed E-state index contributed by atoms with van der Waals surface area (Å²) >= 11 is 5.91. The highest BCUT2D eigenvalue weighted by Crippen LogP contribution is 2.23. The van der Waals surface area contributed by atoms with Gasteiger partial charge in [0, 0.05) is 11.2 Å². The predicted molar refractivity (Wildman–Crippen MR) is 95.1 cm³/mol. The Morgan fingerprint density at radius 2 is 2.08 bits per heavy atom. The molecule has 0 unspecified atom stereocenters. The molecule has 0 fully saturated rings. The van der Waals surface area contributed by atoms with Gasteiger partial charge in [-0.1, -0.05) is 23.7 Å². The van der Waals surface area contributed by atoms with E-state index in [4.69, 9.17) is 16.3 Å². The fourth-order valence-electron chi connectivity index (χ4n) is 2.23. The average Bonchev–Trinajstić information content (AvgIpc) is 3.05. The third kappa shape index (κ3) is 4.10. The van der Waals surface area contributed by atoms with Crippen molar-refractivity contribution in [3.63, 3.8) is 0 Å². The van der Waals surface area contributed by atoms with E-state index in [0.29, 0.717) is 16.5 Å². The number of hydrogen-bond donors (Lipinski definition) is 2. The van der Waals surface area contributed by atoms with E-state index in [9.17, 15) is 9.90 Å². The number of para-hydroxylation sites is 2. The maximum atomic E-state index is 12.2. The van der Waals surface area contributed by atoms with Gasteiger partial charge < -0.3 is 15.2 Å². The van der Waals surface area contributed by atoms with Crippen molar-refractivity contribution in [1.82, 2.24) is 9.78 Å². The molecule has 0 saturated carbocycles. The summed E-state index contributed by atoms with van der Waals surface area (Å²) < 4.78 is 7.19. The number of carbonyl (C=O) groups excluding carboxylic acids is 1. The van der Waals surface area contributed by atoms with Crippen LogP contribution in [0.4, 0.5) is 5.69 Å². The number of hydrogen-bond acceptors (Lipinski definition) is 4. The molecule has 0 atom stereocenters. The molecule has 0 aliphatic carbocycles. The molecule has 1 aromatic heterocycles. The van der Waals surface area contributed by atoms with Crippen molar-refractivity contribution in [1.29, 1.82) is 0 Å². The Morgan fingerprint density at radius 3 is 2.84 bits per heavy atom. The van der Waals surface area contributed by atoms with Crippen LogP contribution in [0.25, 0.3) is 0 Å². The van der Waals surface area contributed by atoms with E-state index >= 15 is 0 Å². The standard InChI is InChI=1S/C18H16ClN3O3/c1-12-10-13(19)6-7-17(12)25-11-22-9-8-15(21-22)18(24)20-14-4-2-3-5-16(14)23/h2-10,23H,11H2,1H3,(H,20,24). The van der Waals surface area contributed by atoms with Crippen molar-refractivity contribution in [2.24, 2.45) is 0 Å². The maximum Gasteiger partial charge on any atom is 0.276 e. The van der Waals surface area contributed by atoms with Crippen molar-refractivity contribution in [2.45, 2.75) is 13.7 Å². The molecule has 0 radical (unpaired) electrons. The van der Waals surface area contributed by atoms with Crippen LogP contribution >= 0.6 is 11.6 Å². The molecular weight excluding hydrogens is 342 g/mol. The summed E-state index contributed by atoms with van der Waals surface area (Å²) in [7, 11) is 0. The summed E-state index contributed by atoms with van der Waals surface area (Å²) in [6, 6.07) is 13.4. The molecule has 7 heteroatoms. The number of halogens is 1. The fourth-order valence-corrected chi connectivity index (χ4v) is 2.46. The van der Waals surface area contributed by atoms with Gasteiger partial charge >= 0.3 is 0 Å². The quantitative estimate of drug-likeness (QED) is 0.680. The second-order valence-corrected chi connectivity index (χ2v) is 5.83. The van der Waals surface area contributed by atoms with E-state index < -0.39 is 5.91 Å². The van der Waals surface area contributed by atoms with Gasteiger partial charge in [0.15, 0.2) is 12.4 Å². The molecule has 0 bridgehead atoms. The number of aryl methyl sites for hydroxylation is 1. The van der Waals surface area contributed by atoms with E-state index in [-0.39, 0.29) is 18.2 Å². The highest BCUT2D eigenvalue weighted by Gasteiger charge is 2.12. The monoisotopic (exact) mass is 357 g/mol. The van der Waals surface area contributed by atoms with Gasteiger partial charge in [0.2, 0.25) is 0 Å². The van der Waals surface area contributed by atoms with Crippen molar-refractivity contribution < 1.29 is 14.6 Å². The first kappa shape index (κ1) is 16.9. The van der Waals surface area contributed by atoms with E-state index in [1.54, 1.807) is 42.6 Å². The van der Waals surface area contributed by atoms with Gasteiger partial charge in [-0.2, -0.15) is 5.10 Å². The average molecular weight is 358 g/mol. The predicted octanol–water partition coefficient (Wildman–Crippen LogP) is 3.84. The van der Waals surface area contributed by atoms with Crippen LogP contribution in [0.3, 0.4) is 0 Å². The Morgan fingerprint density at radius 1 is 1.28 bits per heavy atom. The first-order valence-corrected chi connectivity index (χ1v) is 7.92. The molecule has 0 aliphatic heterocycles. The normalized spacial score (nSPS) is 10.5. The lowest BCUT2D eigenvalue weighted by molar-refractivity contribution is 0.101. The Hall–Kier alpha value is -2.99. The van der Waals surface area contributed by atoms with Crippen LogP contribution in [0.2, 0.25) is 5.02 Å². The number of nitrogens with zero attached hydrogens (tertiary/aromatic N) is 2. The molecule has 25 heavy (non-hydrogen) atoms. The summed E-state index contributed by atoms with van der Waals surface area (Å²) in [4.78, 5) is 12.2. The minimum Gasteiger partial charge on any atom is -0.506 e. The summed E-state index contributed by atoms with van der Waals surface area (Å²) in [5, 5.41) is 17.1. The second kappa shape index (κ2) is 7.27. The Labute approximate surface area is 149 Å². The number of aromatic nitrogens is 2. The highest BCUT2D eigenvalue weighted by atomic mass is 35.5. The number of nitrogens with one attached hydrogen (secondary N) is 1. The van der Waals surface area contributed by atoms with Gasteiger partial charge in [-0.05, 0) is 48.9 Å². The van der Waals surface area contributed by atoms with Gasteiger partial charge in [-0.15, -0.1) is 0 Å². The Kier molecular flexibility index (Phi) is 4.90. The molecule has 1 amide bonds. The number of phenols is 1. The zero-order valence-corrected chi connectivity index (χ0v) is 14.2.